The van der Waals surface area contributed by atoms with Crippen LogP contribution in [0.1, 0.15) is 34.5 Å². The number of likely N-dealkylation sites (tertiary alicyclic amines) is 1. The Kier molecular flexibility index (Phi) is 7.63. The van der Waals surface area contributed by atoms with E-state index >= 15 is 0 Å². The van der Waals surface area contributed by atoms with Crippen LogP contribution in [0, 0.1) is 0 Å². The smallest absolute Gasteiger partial charge is 0.209 e. The van der Waals surface area contributed by atoms with Gasteiger partial charge in [0.2, 0.25) is 5.78 Å². The van der Waals surface area contributed by atoms with Crippen molar-refractivity contribution in [2.45, 2.75) is 30.2 Å². The Balaban J connectivity index is 1.38. The number of anilines is 3. The molecule has 1 fully saturated rings. The van der Waals surface area contributed by atoms with Gasteiger partial charge in [0, 0.05) is 16.6 Å². The van der Waals surface area contributed by atoms with Gasteiger partial charge in [-0.25, -0.2) is 4.98 Å². The first-order chi connectivity index (χ1) is 15.4. The van der Waals surface area contributed by atoms with E-state index in [0.717, 1.165) is 17.5 Å². The Morgan fingerprint density at radius 1 is 1.25 bits per heavy atom. The molecule has 0 saturated carbocycles. The van der Waals surface area contributed by atoms with Crippen LogP contribution >= 0.6 is 46.3 Å². The fourth-order valence-electron chi connectivity index (χ4n) is 3.79. The van der Waals surface area contributed by atoms with E-state index in [1.165, 1.54) is 42.0 Å². The number of nitrogens with two attached hydrogens (primary N) is 1. The number of ketones is 1. The Morgan fingerprint density at radius 3 is 2.62 bits per heavy atom. The molecular formula is C23H24Cl2N4OS2. The van der Waals surface area contributed by atoms with Gasteiger partial charge in [-0.3, -0.25) is 4.79 Å². The molecule has 1 aromatic heterocycles. The van der Waals surface area contributed by atoms with Crippen LogP contribution in [0.15, 0.2) is 47.4 Å². The number of thioether (sulfide) groups is 1. The van der Waals surface area contributed by atoms with E-state index in [9.17, 15) is 4.79 Å². The molecule has 0 aliphatic carbocycles. The SMILES string of the molecule is CN1CCCC1CCSc1ccc(Nc2nc(N)c(C(=O)c3c(Cl)cccc3Cl)s2)cc1. The lowest BCUT2D eigenvalue weighted by atomic mass is 10.1. The second-order valence-electron chi connectivity index (χ2n) is 7.72. The molecule has 2 heterocycles. The lowest BCUT2D eigenvalue weighted by Gasteiger charge is -2.18. The third-order valence-electron chi connectivity index (χ3n) is 5.55. The number of thiazole rings is 1. The summed E-state index contributed by atoms with van der Waals surface area (Å²) in [5, 5.41) is 4.35. The lowest BCUT2D eigenvalue weighted by molar-refractivity contribution is 0.104. The lowest BCUT2D eigenvalue weighted by Crippen LogP contribution is -2.25. The first kappa shape index (κ1) is 23.4. The summed E-state index contributed by atoms with van der Waals surface area (Å²) in [5.41, 5.74) is 7.14. The highest BCUT2D eigenvalue weighted by molar-refractivity contribution is 7.99. The fourth-order valence-corrected chi connectivity index (χ4v) is 6.17. The van der Waals surface area contributed by atoms with Gasteiger partial charge >= 0.3 is 0 Å². The van der Waals surface area contributed by atoms with Crippen molar-refractivity contribution in [1.82, 2.24) is 9.88 Å². The van der Waals surface area contributed by atoms with Gasteiger partial charge in [-0.05, 0) is 75.0 Å². The number of rotatable bonds is 8. The number of carbonyl (C=O) groups excluding carboxylic acids is 1. The molecule has 9 heteroatoms. The summed E-state index contributed by atoms with van der Waals surface area (Å²) >= 11 is 15.4. The van der Waals surface area contributed by atoms with Crippen LogP contribution in [0.2, 0.25) is 10.0 Å². The van der Waals surface area contributed by atoms with Crippen LogP contribution in [-0.2, 0) is 0 Å². The zero-order valence-electron chi connectivity index (χ0n) is 17.6. The highest BCUT2D eigenvalue weighted by Crippen LogP contribution is 2.34. The van der Waals surface area contributed by atoms with Crippen molar-refractivity contribution in [1.29, 1.82) is 0 Å². The van der Waals surface area contributed by atoms with Crippen molar-refractivity contribution in [3.8, 4) is 0 Å². The number of hydrogen-bond donors (Lipinski definition) is 2. The van der Waals surface area contributed by atoms with Gasteiger partial charge in [-0.15, -0.1) is 11.8 Å². The van der Waals surface area contributed by atoms with Gasteiger partial charge < -0.3 is 16.0 Å². The van der Waals surface area contributed by atoms with Crippen molar-refractivity contribution in [2.75, 3.05) is 30.4 Å². The molecule has 4 rings (SSSR count). The Labute approximate surface area is 206 Å². The normalized spacial score (nSPS) is 16.4. The highest BCUT2D eigenvalue weighted by atomic mass is 35.5. The molecule has 5 nitrogen and oxygen atoms in total. The van der Waals surface area contributed by atoms with Crippen LogP contribution in [0.3, 0.4) is 0 Å². The van der Waals surface area contributed by atoms with Gasteiger partial charge in [-0.1, -0.05) is 40.6 Å². The maximum absolute atomic E-state index is 12.9. The van der Waals surface area contributed by atoms with Gasteiger partial charge in [0.25, 0.3) is 0 Å². The molecule has 3 N–H and O–H groups in total. The predicted octanol–water partition coefficient (Wildman–Crippen LogP) is 6.58. The number of benzene rings is 2. The zero-order valence-corrected chi connectivity index (χ0v) is 20.8. The van der Waals surface area contributed by atoms with E-state index in [2.05, 4.69) is 34.4 Å². The summed E-state index contributed by atoms with van der Waals surface area (Å²) in [7, 11) is 2.22. The molecule has 0 amide bonds. The maximum atomic E-state index is 12.9. The standard InChI is InChI=1S/C23H24Cl2N4OS2/c1-29-12-3-4-15(29)11-13-31-16-9-7-14(8-10-16)27-23-28-22(26)21(32-23)20(30)19-17(24)5-2-6-18(19)25/h2,5-10,15H,3-4,11-13,26H2,1H3,(H,27,28). The summed E-state index contributed by atoms with van der Waals surface area (Å²) in [6, 6.07) is 13.9. The average Bonchev–Trinajstić information content (AvgIpc) is 3.34. The third-order valence-corrected chi connectivity index (χ3v) is 8.21. The van der Waals surface area contributed by atoms with Crippen molar-refractivity contribution in [2.24, 2.45) is 0 Å². The van der Waals surface area contributed by atoms with Gasteiger partial charge in [0.15, 0.2) is 5.13 Å². The molecule has 1 atom stereocenters. The third kappa shape index (κ3) is 5.41. The molecule has 3 aromatic rings. The summed E-state index contributed by atoms with van der Waals surface area (Å²) in [5.74, 6) is 0.937. The summed E-state index contributed by atoms with van der Waals surface area (Å²) < 4.78 is 0. The largest absolute Gasteiger partial charge is 0.382 e. The van der Waals surface area contributed by atoms with E-state index in [4.69, 9.17) is 28.9 Å². The van der Waals surface area contributed by atoms with E-state index < -0.39 is 0 Å². The van der Waals surface area contributed by atoms with E-state index in [-0.39, 0.29) is 27.2 Å². The number of nitrogen functional groups attached to an aromatic ring is 1. The minimum absolute atomic E-state index is 0.155. The quantitative estimate of drug-likeness (QED) is 0.265. The number of nitrogens with one attached hydrogen (secondary N) is 1. The Hall–Kier alpha value is -1.77. The molecule has 2 aromatic carbocycles. The second-order valence-corrected chi connectivity index (χ2v) is 10.7. The first-order valence-corrected chi connectivity index (χ1v) is 12.9. The van der Waals surface area contributed by atoms with E-state index in [0.29, 0.717) is 10.0 Å². The number of halogens is 2. The monoisotopic (exact) mass is 506 g/mol. The number of nitrogens with zero attached hydrogens (tertiary/aromatic N) is 2. The molecule has 1 unspecified atom stereocenters. The second kappa shape index (κ2) is 10.4. The van der Waals surface area contributed by atoms with Crippen LogP contribution in [0.25, 0.3) is 0 Å². The van der Waals surface area contributed by atoms with Crippen molar-refractivity contribution < 1.29 is 4.79 Å². The molecule has 32 heavy (non-hydrogen) atoms. The van der Waals surface area contributed by atoms with Gasteiger partial charge in [-0.2, -0.15) is 0 Å². The Bertz CT molecular complexity index is 1080. The number of hydrogen-bond acceptors (Lipinski definition) is 7. The topological polar surface area (TPSA) is 71.2 Å². The molecule has 0 bridgehead atoms. The molecule has 0 radical (unpaired) electrons. The predicted molar refractivity (Wildman–Crippen MR) is 137 cm³/mol. The van der Waals surface area contributed by atoms with E-state index in [1.807, 2.05) is 23.9 Å². The fraction of sp³-hybridized carbons (Fsp3) is 0.304. The van der Waals surface area contributed by atoms with Crippen molar-refractivity contribution in [3.63, 3.8) is 0 Å². The minimum Gasteiger partial charge on any atom is -0.382 e. The zero-order chi connectivity index (χ0) is 22.7. The summed E-state index contributed by atoms with van der Waals surface area (Å²) in [6.45, 7) is 1.22. The van der Waals surface area contributed by atoms with Crippen molar-refractivity contribution >= 4 is 68.7 Å². The highest BCUT2D eigenvalue weighted by Gasteiger charge is 2.23. The average molecular weight is 508 g/mol. The molecular weight excluding hydrogens is 483 g/mol. The van der Waals surface area contributed by atoms with Gasteiger partial charge in [0.05, 0.1) is 15.6 Å². The molecule has 168 valence electrons. The van der Waals surface area contributed by atoms with Crippen LogP contribution in [0.5, 0.6) is 0 Å². The van der Waals surface area contributed by atoms with E-state index in [1.54, 1.807) is 18.2 Å². The summed E-state index contributed by atoms with van der Waals surface area (Å²) in [4.78, 5) is 21.2. The molecule has 1 aliphatic rings. The molecule has 0 spiro atoms. The van der Waals surface area contributed by atoms with Gasteiger partial charge in [0.1, 0.15) is 10.7 Å². The summed E-state index contributed by atoms with van der Waals surface area (Å²) in [6.07, 6.45) is 3.84. The van der Waals surface area contributed by atoms with Crippen LogP contribution in [0.4, 0.5) is 16.6 Å². The van der Waals surface area contributed by atoms with Crippen molar-refractivity contribution in [3.05, 3.63) is 63.0 Å². The van der Waals surface area contributed by atoms with Crippen LogP contribution < -0.4 is 11.1 Å². The molecule has 1 aliphatic heterocycles. The first-order valence-electron chi connectivity index (χ1n) is 10.4. The maximum Gasteiger partial charge on any atom is 0.209 e. The molecule has 1 saturated heterocycles. The number of carbonyl (C=O) groups is 1. The minimum atomic E-state index is -0.330. The Morgan fingerprint density at radius 2 is 1.97 bits per heavy atom. The number of aromatic nitrogens is 1. The van der Waals surface area contributed by atoms with Crippen LogP contribution in [-0.4, -0.2) is 41.1 Å².